The Morgan fingerprint density at radius 1 is 1.75 bits per heavy atom. The maximum absolute atomic E-state index is 9.91. The summed E-state index contributed by atoms with van der Waals surface area (Å²) in [5.41, 5.74) is 0.673. The van der Waals surface area contributed by atoms with E-state index < -0.39 is 0 Å². The number of hydrogen-bond donors (Lipinski definition) is 0. The quantitative estimate of drug-likeness (QED) is 0.356. The van der Waals surface area contributed by atoms with E-state index in [4.69, 9.17) is 0 Å². The lowest BCUT2D eigenvalue weighted by Gasteiger charge is -1.83. The number of hydrogen-bond acceptors (Lipinski definition) is 1. The first kappa shape index (κ1) is 7.63. The Morgan fingerprint density at radius 3 is 2.38 bits per heavy atom. The molecule has 0 amide bonds. The van der Waals surface area contributed by atoms with Crippen LogP contribution < -0.4 is 0 Å². The Morgan fingerprint density at radius 2 is 2.25 bits per heavy atom. The lowest BCUT2D eigenvalue weighted by atomic mass is 10.3. The number of halogens is 1. The first-order valence-electron chi connectivity index (χ1n) is 2.14. The second kappa shape index (κ2) is 3.61. The Hall–Kier alpha value is -0.370. The summed E-state index contributed by atoms with van der Waals surface area (Å²) >= 11 is 3.09. The van der Waals surface area contributed by atoms with Crippen LogP contribution in [0.15, 0.2) is 22.7 Å². The molecule has 0 aliphatic rings. The average Bonchev–Trinajstić information content (AvgIpc) is 1.65. The summed E-state index contributed by atoms with van der Waals surface area (Å²) < 4.78 is 0.724. The second-order valence-corrected chi connectivity index (χ2v) is 2.47. The average molecular weight is 175 g/mol. The van der Waals surface area contributed by atoms with Crippen LogP contribution in [0.5, 0.6) is 0 Å². The van der Waals surface area contributed by atoms with Gasteiger partial charge in [-0.1, -0.05) is 22.5 Å². The molecule has 0 fully saturated rings. The zero-order chi connectivity index (χ0) is 6.57. The molecular weight excluding hydrogens is 168 g/mol. The largest absolute Gasteiger partial charge is 0.298 e. The fourth-order valence-electron chi connectivity index (χ4n) is 0.281. The third-order valence-corrected chi connectivity index (χ3v) is 0.799. The van der Waals surface area contributed by atoms with Crippen LogP contribution in [-0.4, -0.2) is 6.29 Å². The van der Waals surface area contributed by atoms with E-state index in [1.807, 2.05) is 0 Å². The molecule has 0 N–H and O–H groups in total. The Balaban J connectivity index is 3.94. The predicted molar refractivity (Wildman–Crippen MR) is 37.9 cm³/mol. The molecule has 0 aromatic rings. The van der Waals surface area contributed by atoms with Gasteiger partial charge in [-0.2, -0.15) is 0 Å². The van der Waals surface area contributed by atoms with Crippen molar-refractivity contribution in [1.29, 1.82) is 0 Å². The van der Waals surface area contributed by atoms with Crippen molar-refractivity contribution >= 4 is 22.2 Å². The van der Waals surface area contributed by atoms with Crippen molar-refractivity contribution in [2.45, 2.75) is 6.92 Å². The van der Waals surface area contributed by atoms with Gasteiger partial charge in [-0.05, 0) is 18.6 Å². The fourth-order valence-corrected chi connectivity index (χ4v) is 0.642. The number of carbonyl (C=O) groups excluding carboxylic acids is 1. The van der Waals surface area contributed by atoms with E-state index in [1.54, 1.807) is 13.0 Å². The molecule has 0 saturated heterocycles. The summed E-state index contributed by atoms with van der Waals surface area (Å²) in [4.78, 5) is 9.91. The van der Waals surface area contributed by atoms with Crippen molar-refractivity contribution in [3.8, 4) is 0 Å². The molecule has 0 rings (SSSR count). The van der Waals surface area contributed by atoms with Gasteiger partial charge in [-0.3, -0.25) is 4.79 Å². The molecule has 0 bridgehead atoms. The maximum Gasteiger partial charge on any atom is 0.145 e. The highest BCUT2D eigenvalue weighted by Gasteiger charge is 1.82. The molecule has 0 atom stereocenters. The van der Waals surface area contributed by atoms with Gasteiger partial charge in [0.1, 0.15) is 6.29 Å². The maximum atomic E-state index is 9.91. The van der Waals surface area contributed by atoms with Crippen molar-refractivity contribution in [1.82, 2.24) is 0 Å². The number of rotatable bonds is 2. The summed E-state index contributed by atoms with van der Waals surface area (Å²) in [5.74, 6) is 0. The van der Waals surface area contributed by atoms with Gasteiger partial charge < -0.3 is 0 Å². The predicted octanol–water partition coefficient (Wildman–Crippen LogP) is 2.04. The van der Waals surface area contributed by atoms with Crippen molar-refractivity contribution in [2.24, 2.45) is 0 Å². The smallest absolute Gasteiger partial charge is 0.145 e. The summed E-state index contributed by atoms with van der Waals surface area (Å²) in [6, 6.07) is 0. The molecule has 0 unspecified atom stereocenters. The van der Waals surface area contributed by atoms with Gasteiger partial charge in [0.25, 0.3) is 0 Å². The van der Waals surface area contributed by atoms with E-state index in [-0.39, 0.29) is 0 Å². The highest BCUT2D eigenvalue weighted by Crippen LogP contribution is 2.04. The van der Waals surface area contributed by atoms with E-state index in [0.717, 1.165) is 10.8 Å². The highest BCUT2D eigenvalue weighted by atomic mass is 79.9. The van der Waals surface area contributed by atoms with Crippen LogP contribution in [0.2, 0.25) is 0 Å². The van der Waals surface area contributed by atoms with Gasteiger partial charge in [-0.25, -0.2) is 0 Å². The van der Waals surface area contributed by atoms with Gasteiger partial charge in [0.2, 0.25) is 0 Å². The minimum absolute atomic E-state index is 0.673. The lowest BCUT2D eigenvalue weighted by Crippen LogP contribution is -1.73. The van der Waals surface area contributed by atoms with Crippen molar-refractivity contribution in [2.75, 3.05) is 0 Å². The molecule has 0 aliphatic heterocycles. The van der Waals surface area contributed by atoms with Crippen molar-refractivity contribution < 1.29 is 4.79 Å². The molecule has 0 aliphatic carbocycles. The SMILES string of the molecule is C=C(Br)/C=C(\C)C=O. The van der Waals surface area contributed by atoms with Crippen LogP contribution in [0.25, 0.3) is 0 Å². The summed E-state index contributed by atoms with van der Waals surface area (Å²) in [6.45, 7) is 5.25. The zero-order valence-electron chi connectivity index (χ0n) is 4.65. The third-order valence-electron chi connectivity index (χ3n) is 0.570. The third kappa shape index (κ3) is 3.81. The van der Waals surface area contributed by atoms with Gasteiger partial charge in [0, 0.05) is 4.48 Å². The van der Waals surface area contributed by atoms with Gasteiger partial charge in [-0.15, -0.1) is 0 Å². The van der Waals surface area contributed by atoms with Crippen LogP contribution in [0, 0.1) is 0 Å². The number of carbonyl (C=O) groups is 1. The van der Waals surface area contributed by atoms with E-state index >= 15 is 0 Å². The minimum Gasteiger partial charge on any atom is -0.298 e. The molecule has 1 nitrogen and oxygen atoms in total. The second-order valence-electron chi connectivity index (χ2n) is 1.45. The van der Waals surface area contributed by atoms with Crippen LogP contribution in [0.1, 0.15) is 6.92 Å². The van der Waals surface area contributed by atoms with Crippen LogP contribution in [0.4, 0.5) is 0 Å². The molecular formula is C6H7BrO. The van der Waals surface area contributed by atoms with E-state index in [0.29, 0.717) is 5.57 Å². The summed E-state index contributed by atoms with van der Waals surface area (Å²) in [6.07, 6.45) is 2.44. The first-order chi connectivity index (χ1) is 3.66. The molecule has 8 heavy (non-hydrogen) atoms. The molecule has 0 aromatic carbocycles. The molecule has 0 heterocycles. The normalized spacial score (nSPS) is 11.0. The van der Waals surface area contributed by atoms with E-state index in [9.17, 15) is 4.79 Å². The molecule has 0 spiro atoms. The first-order valence-corrected chi connectivity index (χ1v) is 2.94. The molecule has 0 aromatic heterocycles. The van der Waals surface area contributed by atoms with Crippen LogP contribution in [0.3, 0.4) is 0 Å². The Labute approximate surface area is 57.2 Å². The van der Waals surface area contributed by atoms with Gasteiger partial charge in [0.05, 0.1) is 0 Å². The van der Waals surface area contributed by atoms with Gasteiger partial charge in [0.15, 0.2) is 0 Å². The van der Waals surface area contributed by atoms with Crippen LogP contribution in [-0.2, 0) is 4.79 Å². The lowest BCUT2D eigenvalue weighted by molar-refractivity contribution is -0.104. The summed E-state index contributed by atoms with van der Waals surface area (Å²) in [7, 11) is 0. The van der Waals surface area contributed by atoms with Gasteiger partial charge >= 0.3 is 0 Å². The van der Waals surface area contributed by atoms with Crippen LogP contribution >= 0.6 is 15.9 Å². The molecule has 44 valence electrons. The standard InChI is InChI=1S/C6H7BrO/c1-5(4-8)3-6(2)7/h3-4H,2H2,1H3/b5-3+. The summed E-state index contributed by atoms with van der Waals surface area (Å²) in [5, 5.41) is 0. The van der Waals surface area contributed by atoms with Crippen molar-refractivity contribution in [3.63, 3.8) is 0 Å². The molecule has 0 saturated carbocycles. The molecule has 0 radical (unpaired) electrons. The van der Waals surface area contributed by atoms with Crippen molar-refractivity contribution in [3.05, 3.63) is 22.7 Å². The monoisotopic (exact) mass is 174 g/mol. The minimum atomic E-state index is 0.673. The van der Waals surface area contributed by atoms with E-state index in [1.165, 1.54) is 0 Å². The van der Waals surface area contributed by atoms with E-state index in [2.05, 4.69) is 22.5 Å². The number of aldehydes is 1. The molecule has 2 heteroatoms. The zero-order valence-corrected chi connectivity index (χ0v) is 6.23. The highest BCUT2D eigenvalue weighted by molar-refractivity contribution is 9.11. The fraction of sp³-hybridized carbons (Fsp3) is 0.167. The Bertz CT molecular complexity index is 135. The number of allylic oxidation sites excluding steroid dienone is 3. The Kier molecular flexibility index (Phi) is 3.44. The topological polar surface area (TPSA) is 17.1 Å².